The van der Waals surface area contributed by atoms with Crippen molar-refractivity contribution in [2.45, 2.75) is 50.0 Å². The Morgan fingerprint density at radius 1 is 1.03 bits per heavy atom. The van der Waals surface area contributed by atoms with Crippen LogP contribution >= 0.6 is 0 Å². The normalized spacial score (nSPS) is 22.1. The Morgan fingerprint density at radius 2 is 1.89 bits per heavy atom. The molecule has 186 valence electrons. The second kappa shape index (κ2) is 10.8. The van der Waals surface area contributed by atoms with Crippen molar-refractivity contribution in [2.24, 2.45) is 0 Å². The van der Waals surface area contributed by atoms with Crippen LogP contribution in [0.3, 0.4) is 0 Å². The zero-order valence-corrected chi connectivity index (χ0v) is 19.7. The molecule has 0 spiro atoms. The third-order valence-electron chi connectivity index (χ3n) is 6.52. The van der Waals surface area contributed by atoms with Crippen LogP contribution in [0.2, 0.25) is 0 Å². The number of carbonyl (C=O) groups is 2. The zero-order chi connectivity index (χ0) is 24.9. The minimum Gasteiger partial charge on any atom is -0.487 e. The molecule has 0 bridgehead atoms. The van der Waals surface area contributed by atoms with E-state index in [2.05, 4.69) is 20.6 Å². The van der Waals surface area contributed by atoms with Crippen LogP contribution in [0, 0.1) is 0 Å². The molecule has 2 amide bonds. The Labute approximate surface area is 208 Å². The molecule has 2 aliphatic heterocycles. The number of amides is 2. The molecule has 4 heterocycles. The molecule has 3 aromatic rings. The van der Waals surface area contributed by atoms with Crippen LogP contribution in [0.25, 0.3) is 0 Å². The Hall–Kier alpha value is -3.82. The number of aliphatic hydroxyl groups is 1. The maximum absolute atomic E-state index is 12.6. The first kappa shape index (κ1) is 23.9. The predicted octanol–water partition coefficient (Wildman–Crippen LogP) is 2.36. The van der Waals surface area contributed by atoms with Gasteiger partial charge in [0.15, 0.2) is 0 Å². The van der Waals surface area contributed by atoms with Gasteiger partial charge in [0.05, 0.1) is 25.6 Å². The highest BCUT2D eigenvalue weighted by Crippen LogP contribution is 2.47. The van der Waals surface area contributed by atoms with Crippen molar-refractivity contribution in [1.29, 1.82) is 0 Å². The average Bonchev–Trinajstić information content (AvgIpc) is 3.26. The highest BCUT2D eigenvalue weighted by Gasteiger charge is 2.46. The molecule has 4 atom stereocenters. The summed E-state index contributed by atoms with van der Waals surface area (Å²) in [5.74, 6) is 0.398. The molecule has 0 radical (unpaired) electrons. The maximum atomic E-state index is 12.6. The Morgan fingerprint density at radius 3 is 2.67 bits per heavy atom. The molecule has 2 aliphatic rings. The number of fused-ring (bicyclic) bond motifs is 3. The Bertz CT molecular complexity index is 1210. The summed E-state index contributed by atoms with van der Waals surface area (Å²) in [4.78, 5) is 33.2. The lowest BCUT2D eigenvalue weighted by molar-refractivity contribution is -0.142. The fourth-order valence-electron chi connectivity index (χ4n) is 4.84. The highest BCUT2D eigenvalue weighted by molar-refractivity contribution is 5.92. The van der Waals surface area contributed by atoms with Gasteiger partial charge >= 0.3 is 0 Å². The summed E-state index contributed by atoms with van der Waals surface area (Å²) < 4.78 is 12.2. The first-order valence-electron chi connectivity index (χ1n) is 12.0. The van der Waals surface area contributed by atoms with E-state index in [1.165, 1.54) is 0 Å². The van der Waals surface area contributed by atoms with Crippen molar-refractivity contribution in [3.63, 3.8) is 0 Å². The minimum atomic E-state index is -0.544. The number of benzene rings is 1. The molecule has 2 aromatic heterocycles. The lowest BCUT2D eigenvalue weighted by Crippen LogP contribution is -2.47. The SMILES string of the molecule is O=C(C[C@@H]1C[C@H]2c3cc(NC(=O)Cc4ccncc4)ccc3O[C@H]2[C@@H](CO)O1)NCc1cccnc1. The minimum absolute atomic E-state index is 0.0564. The number of ether oxygens (including phenoxy) is 2. The predicted molar refractivity (Wildman–Crippen MR) is 131 cm³/mol. The van der Waals surface area contributed by atoms with Gasteiger partial charge in [-0.2, -0.15) is 0 Å². The van der Waals surface area contributed by atoms with Gasteiger partial charge in [0, 0.05) is 48.5 Å². The molecular formula is C27H28N4O5. The van der Waals surface area contributed by atoms with E-state index >= 15 is 0 Å². The summed E-state index contributed by atoms with van der Waals surface area (Å²) in [6, 6.07) is 12.9. The topological polar surface area (TPSA) is 123 Å². The first-order chi connectivity index (χ1) is 17.6. The lowest BCUT2D eigenvalue weighted by Gasteiger charge is -2.37. The fourth-order valence-corrected chi connectivity index (χ4v) is 4.84. The molecule has 1 fully saturated rings. The van der Waals surface area contributed by atoms with Crippen molar-refractivity contribution in [3.8, 4) is 5.75 Å². The number of pyridine rings is 2. The smallest absolute Gasteiger partial charge is 0.228 e. The second-order valence-corrected chi connectivity index (χ2v) is 9.08. The maximum Gasteiger partial charge on any atom is 0.228 e. The molecular weight excluding hydrogens is 460 g/mol. The van der Waals surface area contributed by atoms with E-state index in [-0.39, 0.29) is 49.4 Å². The van der Waals surface area contributed by atoms with Crippen molar-refractivity contribution >= 4 is 17.5 Å². The molecule has 5 rings (SSSR count). The molecule has 0 unspecified atom stereocenters. The summed E-state index contributed by atoms with van der Waals surface area (Å²) in [5, 5.41) is 15.8. The molecule has 3 N–H and O–H groups in total. The monoisotopic (exact) mass is 488 g/mol. The van der Waals surface area contributed by atoms with Crippen LogP contribution in [-0.2, 0) is 27.3 Å². The number of aliphatic hydroxyl groups excluding tert-OH is 1. The number of rotatable bonds is 8. The van der Waals surface area contributed by atoms with Gasteiger partial charge in [-0.3, -0.25) is 19.6 Å². The van der Waals surface area contributed by atoms with Crippen molar-refractivity contribution in [2.75, 3.05) is 11.9 Å². The van der Waals surface area contributed by atoms with Gasteiger partial charge in [0.25, 0.3) is 0 Å². The van der Waals surface area contributed by atoms with Crippen molar-refractivity contribution in [3.05, 3.63) is 83.9 Å². The Balaban J connectivity index is 1.24. The highest BCUT2D eigenvalue weighted by atomic mass is 16.6. The van der Waals surface area contributed by atoms with E-state index in [4.69, 9.17) is 9.47 Å². The number of hydrogen-bond donors (Lipinski definition) is 3. The number of hydrogen-bond acceptors (Lipinski definition) is 7. The van der Waals surface area contributed by atoms with Crippen LogP contribution in [0.5, 0.6) is 5.75 Å². The van der Waals surface area contributed by atoms with E-state index in [0.29, 0.717) is 24.4 Å². The molecule has 36 heavy (non-hydrogen) atoms. The standard InChI is InChI=1S/C27H28N4O5/c32-16-24-27-22(12-20(35-24)13-25(33)30-15-18-2-1-7-29-14-18)21-11-19(3-4-23(21)36-27)31-26(34)10-17-5-8-28-9-6-17/h1-9,11,14,20,22,24,27,32H,10,12-13,15-16H2,(H,30,33)(H,31,34)/t20-,22-,24+,27+/m0/s1. The fraction of sp³-hybridized carbons (Fsp3) is 0.333. The lowest BCUT2D eigenvalue weighted by atomic mass is 9.84. The third kappa shape index (κ3) is 5.53. The van der Waals surface area contributed by atoms with Crippen LogP contribution in [0.15, 0.2) is 67.3 Å². The summed E-state index contributed by atoms with van der Waals surface area (Å²) in [5.41, 5.74) is 3.42. The van der Waals surface area contributed by atoms with E-state index in [9.17, 15) is 14.7 Å². The first-order valence-corrected chi connectivity index (χ1v) is 12.0. The summed E-state index contributed by atoms with van der Waals surface area (Å²) >= 11 is 0. The van der Waals surface area contributed by atoms with Gasteiger partial charge < -0.3 is 25.2 Å². The van der Waals surface area contributed by atoms with E-state index < -0.39 is 6.10 Å². The van der Waals surface area contributed by atoms with Crippen LogP contribution in [0.1, 0.15) is 35.4 Å². The number of anilines is 1. The van der Waals surface area contributed by atoms with Gasteiger partial charge in [-0.15, -0.1) is 0 Å². The third-order valence-corrected chi connectivity index (χ3v) is 6.52. The van der Waals surface area contributed by atoms with Gasteiger partial charge in [-0.05, 0) is 53.9 Å². The van der Waals surface area contributed by atoms with Crippen molar-refractivity contribution in [1.82, 2.24) is 15.3 Å². The summed E-state index contributed by atoms with van der Waals surface area (Å²) in [7, 11) is 0. The second-order valence-electron chi connectivity index (χ2n) is 9.08. The largest absolute Gasteiger partial charge is 0.487 e. The van der Waals surface area contributed by atoms with Crippen LogP contribution in [-0.4, -0.2) is 51.8 Å². The van der Waals surface area contributed by atoms with Crippen molar-refractivity contribution < 1.29 is 24.2 Å². The molecule has 1 saturated heterocycles. The molecule has 9 heteroatoms. The number of carbonyl (C=O) groups excluding carboxylic acids is 2. The van der Waals surface area contributed by atoms with Crippen LogP contribution in [0.4, 0.5) is 5.69 Å². The summed E-state index contributed by atoms with van der Waals surface area (Å²) in [6.07, 6.45) is 6.47. The van der Waals surface area contributed by atoms with E-state index in [1.807, 2.05) is 36.4 Å². The van der Waals surface area contributed by atoms with E-state index in [0.717, 1.165) is 16.7 Å². The van der Waals surface area contributed by atoms with E-state index in [1.54, 1.807) is 30.9 Å². The van der Waals surface area contributed by atoms with Crippen LogP contribution < -0.4 is 15.4 Å². The number of nitrogens with one attached hydrogen (secondary N) is 2. The number of aromatic nitrogens is 2. The molecule has 1 aromatic carbocycles. The average molecular weight is 489 g/mol. The quantitative estimate of drug-likeness (QED) is 0.445. The van der Waals surface area contributed by atoms with Gasteiger partial charge in [-0.25, -0.2) is 0 Å². The summed E-state index contributed by atoms with van der Waals surface area (Å²) in [6.45, 7) is 0.182. The molecule has 9 nitrogen and oxygen atoms in total. The molecule has 0 aliphatic carbocycles. The molecule has 0 saturated carbocycles. The number of nitrogens with zero attached hydrogens (tertiary/aromatic N) is 2. The Kier molecular flexibility index (Phi) is 7.20. The van der Waals surface area contributed by atoms with Gasteiger partial charge in [0.2, 0.25) is 11.8 Å². The zero-order valence-electron chi connectivity index (χ0n) is 19.7. The van der Waals surface area contributed by atoms with Gasteiger partial charge in [0.1, 0.15) is 18.0 Å². The van der Waals surface area contributed by atoms with Gasteiger partial charge in [-0.1, -0.05) is 6.07 Å².